The molecule has 34 heavy (non-hydrogen) atoms. The van der Waals surface area contributed by atoms with Gasteiger partial charge in [-0.15, -0.1) is 0 Å². The van der Waals surface area contributed by atoms with Crippen molar-refractivity contribution in [3.8, 4) is 16.9 Å². The highest BCUT2D eigenvalue weighted by atomic mass is 32.2. The van der Waals surface area contributed by atoms with Gasteiger partial charge in [-0.2, -0.15) is 8.42 Å². The van der Waals surface area contributed by atoms with E-state index in [0.29, 0.717) is 11.3 Å². The monoisotopic (exact) mass is 488 g/mol. The Morgan fingerprint density at radius 3 is 1.97 bits per heavy atom. The molecule has 0 saturated heterocycles. The van der Waals surface area contributed by atoms with Crippen LogP contribution in [0.2, 0.25) is 0 Å². The summed E-state index contributed by atoms with van der Waals surface area (Å²) in [6.45, 7) is 12.1. The van der Waals surface area contributed by atoms with Crippen molar-refractivity contribution in [3.63, 3.8) is 0 Å². The van der Waals surface area contributed by atoms with Crippen LogP contribution in [-0.4, -0.2) is 26.4 Å². The molecule has 6 heteroatoms. The second-order valence-corrected chi connectivity index (χ2v) is 12.9. The van der Waals surface area contributed by atoms with Crippen molar-refractivity contribution in [2.45, 2.75) is 96.2 Å². The molecule has 188 valence electrons. The molecule has 0 spiro atoms. The molecule has 0 radical (unpaired) electrons. The normalized spacial score (nSPS) is 16.9. The third kappa shape index (κ3) is 6.02. The van der Waals surface area contributed by atoms with Gasteiger partial charge in [0.2, 0.25) is 6.29 Å². The summed E-state index contributed by atoms with van der Waals surface area (Å²) in [5.41, 5.74) is 2.57. The van der Waals surface area contributed by atoms with E-state index in [4.69, 9.17) is 9.47 Å². The molecule has 1 unspecified atom stereocenters. The maximum absolute atomic E-state index is 12.8. The summed E-state index contributed by atoms with van der Waals surface area (Å²) in [5.74, 6) is 0.781. The van der Waals surface area contributed by atoms with Crippen molar-refractivity contribution >= 4 is 10.1 Å². The molecule has 1 aliphatic rings. The van der Waals surface area contributed by atoms with Gasteiger partial charge >= 0.3 is 0 Å². The van der Waals surface area contributed by atoms with Crippen molar-refractivity contribution in [2.24, 2.45) is 5.41 Å². The van der Waals surface area contributed by atoms with E-state index in [1.807, 2.05) is 57.2 Å². The maximum Gasteiger partial charge on any atom is 0.295 e. The second kappa shape index (κ2) is 10.00. The Balaban J connectivity index is 2.14. The molecule has 0 aromatic heterocycles. The molecular formula is C28H40O5S. The summed E-state index contributed by atoms with van der Waals surface area (Å²) >= 11 is 0. The first-order valence-corrected chi connectivity index (χ1v) is 13.6. The van der Waals surface area contributed by atoms with Gasteiger partial charge in [0.1, 0.15) is 10.6 Å². The number of ether oxygens (including phenoxy) is 2. The van der Waals surface area contributed by atoms with Crippen LogP contribution in [0.4, 0.5) is 0 Å². The average Bonchev–Trinajstić information content (AvgIpc) is 2.75. The summed E-state index contributed by atoms with van der Waals surface area (Å²) in [7, 11) is -2.78. The maximum atomic E-state index is 12.8. The minimum atomic E-state index is -4.41. The largest absolute Gasteiger partial charge is 0.464 e. The van der Waals surface area contributed by atoms with Crippen molar-refractivity contribution in [1.82, 2.24) is 0 Å². The fraction of sp³-hybridized carbons (Fsp3) is 0.571. The fourth-order valence-electron chi connectivity index (χ4n) is 4.93. The van der Waals surface area contributed by atoms with E-state index in [-0.39, 0.29) is 16.2 Å². The van der Waals surface area contributed by atoms with Crippen LogP contribution < -0.4 is 4.74 Å². The van der Waals surface area contributed by atoms with Gasteiger partial charge in [-0.05, 0) is 58.6 Å². The summed E-state index contributed by atoms with van der Waals surface area (Å²) in [6.07, 6.45) is 4.73. The van der Waals surface area contributed by atoms with E-state index in [1.165, 1.54) is 0 Å². The van der Waals surface area contributed by atoms with Crippen molar-refractivity contribution in [2.75, 3.05) is 7.11 Å². The van der Waals surface area contributed by atoms with E-state index in [9.17, 15) is 13.0 Å². The Hall–Kier alpha value is -1.89. The van der Waals surface area contributed by atoms with Crippen LogP contribution in [0, 0.1) is 5.41 Å². The zero-order valence-corrected chi connectivity index (χ0v) is 22.5. The number of methoxy groups -OCH3 is 1. The Morgan fingerprint density at radius 2 is 1.50 bits per heavy atom. The third-order valence-corrected chi connectivity index (χ3v) is 7.56. The zero-order valence-electron chi connectivity index (χ0n) is 21.6. The minimum absolute atomic E-state index is 0.0944. The Morgan fingerprint density at radius 1 is 0.912 bits per heavy atom. The standard InChI is InChI=1S/C28H40O5S/c1-27(2,3)23-18-17-22(24(25(23)34(29,30)31)20-11-9-8-10-12-20)19-13-15-21(16-14-19)33-26(32-7)28(4,5)6/h13-18,20,26H,8-12H2,1-7H3,(H,29,30,31). The molecule has 2 aromatic rings. The lowest BCUT2D eigenvalue weighted by Crippen LogP contribution is -2.33. The van der Waals surface area contributed by atoms with Gasteiger partial charge in [0.05, 0.1) is 0 Å². The second-order valence-electron chi connectivity index (χ2n) is 11.5. The first-order chi connectivity index (χ1) is 15.7. The predicted octanol–water partition coefficient (Wildman–Crippen LogP) is 7.34. The molecule has 0 bridgehead atoms. The molecule has 1 N–H and O–H groups in total. The van der Waals surface area contributed by atoms with Crippen LogP contribution in [0.1, 0.15) is 90.7 Å². The van der Waals surface area contributed by atoms with Crippen LogP contribution in [0.25, 0.3) is 11.1 Å². The van der Waals surface area contributed by atoms with Crippen LogP contribution in [0.15, 0.2) is 41.3 Å². The molecule has 5 nitrogen and oxygen atoms in total. The summed E-state index contributed by atoms with van der Waals surface area (Å²) < 4.78 is 47.5. The first-order valence-electron chi connectivity index (χ1n) is 12.2. The molecule has 0 amide bonds. The molecule has 1 atom stereocenters. The molecule has 0 aliphatic heterocycles. The van der Waals surface area contributed by atoms with Gasteiger partial charge in [-0.3, -0.25) is 4.55 Å². The van der Waals surface area contributed by atoms with Gasteiger partial charge in [0.15, 0.2) is 0 Å². The smallest absolute Gasteiger partial charge is 0.295 e. The lowest BCUT2D eigenvalue weighted by atomic mass is 9.77. The summed E-state index contributed by atoms with van der Waals surface area (Å²) in [4.78, 5) is 0.0944. The van der Waals surface area contributed by atoms with Gasteiger partial charge in [-0.25, -0.2) is 0 Å². The molecular weight excluding hydrogens is 448 g/mol. The van der Waals surface area contributed by atoms with Gasteiger partial charge in [-0.1, -0.05) is 85.1 Å². The highest BCUT2D eigenvalue weighted by Crippen LogP contribution is 2.45. The fourth-order valence-corrected chi connectivity index (χ4v) is 6.14. The average molecular weight is 489 g/mol. The Bertz CT molecular complexity index is 1080. The molecule has 3 rings (SSSR count). The minimum Gasteiger partial charge on any atom is -0.464 e. The Kier molecular flexibility index (Phi) is 7.86. The van der Waals surface area contributed by atoms with Crippen molar-refractivity contribution in [3.05, 3.63) is 47.5 Å². The number of rotatable bonds is 6. The molecule has 2 aromatic carbocycles. The van der Waals surface area contributed by atoms with Crippen LogP contribution in [-0.2, 0) is 20.3 Å². The van der Waals surface area contributed by atoms with E-state index in [2.05, 4.69) is 20.8 Å². The third-order valence-electron chi connectivity index (χ3n) is 6.61. The number of benzene rings is 2. The van der Waals surface area contributed by atoms with Crippen LogP contribution >= 0.6 is 0 Å². The lowest BCUT2D eigenvalue weighted by molar-refractivity contribution is -0.120. The van der Waals surface area contributed by atoms with Crippen molar-refractivity contribution < 1.29 is 22.4 Å². The highest BCUT2D eigenvalue weighted by Gasteiger charge is 2.33. The first kappa shape index (κ1) is 26.7. The number of hydrogen-bond acceptors (Lipinski definition) is 4. The van der Waals surface area contributed by atoms with E-state index in [1.54, 1.807) is 7.11 Å². The molecule has 0 heterocycles. The predicted molar refractivity (Wildman–Crippen MR) is 137 cm³/mol. The topological polar surface area (TPSA) is 72.8 Å². The summed E-state index contributed by atoms with van der Waals surface area (Å²) in [5, 5.41) is 0. The number of hydrogen-bond donors (Lipinski definition) is 1. The Labute approximate surface area is 205 Å². The van der Waals surface area contributed by atoms with Crippen molar-refractivity contribution in [1.29, 1.82) is 0 Å². The molecule has 1 fully saturated rings. The quantitative estimate of drug-likeness (QED) is 0.340. The van der Waals surface area contributed by atoms with E-state index >= 15 is 0 Å². The van der Waals surface area contributed by atoms with E-state index < -0.39 is 21.8 Å². The van der Waals surface area contributed by atoms with Gasteiger partial charge < -0.3 is 9.47 Å². The van der Waals surface area contributed by atoms with Crippen LogP contribution in [0.5, 0.6) is 5.75 Å². The van der Waals surface area contributed by atoms with Crippen LogP contribution in [0.3, 0.4) is 0 Å². The van der Waals surface area contributed by atoms with Gasteiger partial charge in [0, 0.05) is 12.5 Å². The highest BCUT2D eigenvalue weighted by molar-refractivity contribution is 7.86. The SMILES string of the molecule is COC(Oc1ccc(-c2ccc(C(C)(C)C)c(S(=O)(=O)O)c2C2CCCCC2)cc1)C(C)(C)C. The lowest BCUT2D eigenvalue weighted by Gasteiger charge is -2.31. The zero-order chi connectivity index (χ0) is 25.3. The van der Waals surface area contributed by atoms with E-state index in [0.717, 1.165) is 48.8 Å². The summed E-state index contributed by atoms with van der Waals surface area (Å²) in [6, 6.07) is 11.6. The molecule has 1 aliphatic carbocycles. The molecule has 1 saturated carbocycles. The van der Waals surface area contributed by atoms with Gasteiger partial charge in [0.25, 0.3) is 10.1 Å².